The number of rotatable bonds is 3. The van der Waals surface area contributed by atoms with Gasteiger partial charge in [-0.15, -0.1) is 11.3 Å². The van der Waals surface area contributed by atoms with Gasteiger partial charge in [0.05, 0.1) is 11.9 Å². The van der Waals surface area contributed by atoms with Gasteiger partial charge in [0.2, 0.25) is 5.91 Å². The minimum absolute atomic E-state index is 0.0142. The van der Waals surface area contributed by atoms with Gasteiger partial charge in [-0.25, -0.2) is 4.79 Å². The van der Waals surface area contributed by atoms with E-state index in [0.29, 0.717) is 36.1 Å². The molecule has 0 saturated heterocycles. The third-order valence-corrected chi connectivity index (χ3v) is 8.12. The predicted molar refractivity (Wildman–Crippen MR) is 119 cm³/mol. The Labute approximate surface area is 179 Å². The molecule has 5 rings (SSSR count). The molecule has 0 atom stereocenters. The van der Waals surface area contributed by atoms with E-state index in [1.807, 2.05) is 4.90 Å². The minimum atomic E-state index is -0.282. The lowest BCUT2D eigenvalue weighted by Gasteiger charge is -2.28. The van der Waals surface area contributed by atoms with E-state index >= 15 is 0 Å². The third kappa shape index (κ3) is 3.57. The predicted octanol–water partition coefficient (Wildman–Crippen LogP) is 4.03. The monoisotopic (exact) mass is 427 g/mol. The zero-order valence-corrected chi connectivity index (χ0v) is 18.2. The zero-order chi connectivity index (χ0) is 20.7. The number of amides is 1. The second-order valence-corrected chi connectivity index (χ2v) is 10.1. The maximum Gasteiger partial charge on any atom is 0.329 e. The Morgan fingerprint density at radius 2 is 1.93 bits per heavy atom. The summed E-state index contributed by atoms with van der Waals surface area (Å²) in [6.45, 7) is 1.19. The molecular formula is C23H29N3O3S. The van der Waals surface area contributed by atoms with Crippen molar-refractivity contribution in [1.82, 2.24) is 14.5 Å². The lowest BCUT2D eigenvalue weighted by molar-refractivity contribution is -0.131. The Kier molecular flexibility index (Phi) is 5.39. The number of thiophene rings is 1. The summed E-state index contributed by atoms with van der Waals surface area (Å²) in [7, 11) is 0. The average molecular weight is 428 g/mol. The molecule has 1 aliphatic heterocycles. The van der Waals surface area contributed by atoms with Crippen LogP contribution < -0.4 is 11.2 Å². The maximum atomic E-state index is 13.3. The minimum Gasteiger partial charge on any atom is -0.337 e. The molecule has 2 aromatic heterocycles. The molecule has 160 valence electrons. The number of hydrogen-bond donors (Lipinski definition) is 1. The molecule has 1 fully saturated rings. The highest BCUT2D eigenvalue weighted by molar-refractivity contribution is 7.18. The third-order valence-electron chi connectivity index (χ3n) is 6.98. The van der Waals surface area contributed by atoms with Crippen LogP contribution in [0.2, 0.25) is 0 Å². The average Bonchev–Trinajstić information content (AvgIpc) is 3.12. The molecule has 0 aromatic carbocycles. The van der Waals surface area contributed by atoms with Crippen LogP contribution in [0.15, 0.2) is 21.2 Å². The highest BCUT2D eigenvalue weighted by Gasteiger charge is 2.28. The van der Waals surface area contributed by atoms with Gasteiger partial charge in [-0.05, 0) is 50.5 Å². The molecule has 2 aliphatic carbocycles. The standard InChI is InChI=1S/C23H29N3O3S/c27-19(13-15-7-3-1-4-8-15)25-12-11-17-18(14-25)30-21-20(17)22(28)26(23(29)24-21)16-9-5-2-6-10-16/h7,16H,1-6,8-14H2,(H,24,29). The van der Waals surface area contributed by atoms with E-state index < -0.39 is 0 Å². The molecule has 0 radical (unpaired) electrons. The van der Waals surface area contributed by atoms with E-state index in [9.17, 15) is 14.4 Å². The Bertz CT molecular complexity index is 1120. The van der Waals surface area contributed by atoms with Crippen molar-refractivity contribution in [3.05, 3.63) is 42.9 Å². The van der Waals surface area contributed by atoms with Crippen LogP contribution in [0, 0.1) is 0 Å². The van der Waals surface area contributed by atoms with Gasteiger partial charge in [0, 0.05) is 23.9 Å². The molecular weight excluding hydrogens is 398 g/mol. The molecule has 3 heterocycles. The van der Waals surface area contributed by atoms with E-state index in [1.54, 1.807) is 0 Å². The molecule has 0 bridgehead atoms. The van der Waals surface area contributed by atoms with Crippen LogP contribution in [0.25, 0.3) is 10.2 Å². The number of nitrogens with one attached hydrogen (secondary N) is 1. The Balaban J connectivity index is 1.43. The largest absolute Gasteiger partial charge is 0.337 e. The first-order valence-electron chi connectivity index (χ1n) is 11.4. The Hall–Kier alpha value is -2.15. The van der Waals surface area contributed by atoms with Gasteiger partial charge in [-0.3, -0.25) is 19.1 Å². The smallest absolute Gasteiger partial charge is 0.329 e. The van der Waals surface area contributed by atoms with Crippen LogP contribution in [0.5, 0.6) is 0 Å². The van der Waals surface area contributed by atoms with Crippen LogP contribution >= 0.6 is 11.3 Å². The molecule has 3 aliphatic rings. The van der Waals surface area contributed by atoms with Crippen LogP contribution in [0.3, 0.4) is 0 Å². The normalized spacial score (nSPS) is 20.3. The SMILES string of the molecule is O=C(CC1=CCCCC1)N1CCc2c(sc3[nH]c(=O)n(C4CCCCC4)c(=O)c23)C1. The summed E-state index contributed by atoms with van der Waals surface area (Å²) in [6, 6.07) is 0.0142. The quantitative estimate of drug-likeness (QED) is 0.752. The number of nitrogens with zero attached hydrogens (tertiary/aromatic N) is 2. The van der Waals surface area contributed by atoms with E-state index in [0.717, 1.165) is 49.0 Å². The Morgan fingerprint density at radius 3 is 2.70 bits per heavy atom. The first-order valence-corrected chi connectivity index (χ1v) is 12.2. The summed E-state index contributed by atoms with van der Waals surface area (Å²) in [6.07, 6.45) is 13.1. The van der Waals surface area contributed by atoms with E-state index in [1.165, 1.54) is 40.7 Å². The van der Waals surface area contributed by atoms with Crippen molar-refractivity contribution in [2.75, 3.05) is 6.54 Å². The molecule has 0 spiro atoms. The lowest BCUT2D eigenvalue weighted by Crippen LogP contribution is -2.39. The number of aromatic amines is 1. The first-order chi connectivity index (χ1) is 14.6. The first kappa shape index (κ1) is 19.8. The number of carbonyl (C=O) groups is 1. The molecule has 1 N–H and O–H groups in total. The molecule has 1 amide bonds. The van der Waals surface area contributed by atoms with Gasteiger partial charge < -0.3 is 4.90 Å². The van der Waals surface area contributed by atoms with Gasteiger partial charge in [-0.1, -0.05) is 30.9 Å². The topological polar surface area (TPSA) is 75.2 Å². The highest BCUT2D eigenvalue weighted by atomic mass is 32.1. The summed E-state index contributed by atoms with van der Waals surface area (Å²) < 4.78 is 1.47. The molecule has 2 aromatic rings. The van der Waals surface area contributed by atoms with Gasteiger partial charge in [0.1, 0.15) is 4.83 Å². The number of allylic oxidation sites excluding steroid dienone is 1. The van der Waals surface area contributed by atoms with Crippen LogP contribution in [-0.2, 0) is 17.8 Å². The van der Waals surface area contributed by atoms with E-state index in [2.05, 4.69) is 11.1 Å². The second-order valence-electron chi connectivity index (χ2n) is 8.96. The molecule has 30 heavy (non-hydrogen) atoms. The fourth-order valence-electron chi connectivity index (χ4n) is 5.34. The van der Waals surface area contributed by atoms with Crippen LogP contribution in [-0.4, -0.2) is 26.9 Å². The van der Waals surface area contributed by atoms with Crippen molar-refractivity contribution in [3.63, 3.8) is 0 Å². The van der Waals surface area contributed by atoms with Crippen molar-refractivity contribution in [3.8, 4) is 0 Å². The molecule has 6 nitrogen and oxygen atoms in total. The summed E-state index contributed by atoms with van der Waals surface area (Å²) in [5.41, 5.74) is 1.90. The summed E-state index contributed by atoms with van der Waals surface area (Å²) in [4.78, 5) is 45.5. The summed E-state index contributed by atoms with van der Waals surface area (Å²) in [5, 5.41) is 0.683. The van der Waals surface area contributed by atoms with Crippen molar-refractivity contribution >= 4 is 27.5 Å². The van der Waals surface area contributed by atoms with Gasteiger partial charge in [-0.2, -0.15) is 0 Å². The van der Waals surface area contributed by atoms with E-state index in [-0.39, 0.29) is 23.2 Å². The van der Waals surface area contributed by atoms with Crippen molar-refractivity contribution < 1.29 is 4.79 Å². The second kappa shape index (κ2) is 8.17. The molecule has 0 unspecified atom stereocenters. The number of carbonyl (C=O) groups excluding carboxylic acids is 1. The highest BCUT2D eigenvalue weighted by Crippen LogP contribution is 2.33. The van der Waals surface area contributed by atoms with E-state index in [4.69, 9.17) is 0 Å². The van der Waals surface area contributed by atoms with Crippen molar-refractivity contribution in [2.45, 2.75) is 83.2 Å². The van der Waals surface area contributed by atoms with Crippen molar-refractivity contribution in [1.29, 1.82) is 0 Å². The zero-order valence-electron chi connectivity index (χ0n) is 17.4. The van der Waals surface area contributed by atoms with Gasteiger partial charge >= 0.3 is 5.69 Å². The van der Waals surface area contributed by atoms with Crippen LogP contribution in [0.4, 0.5) is 0 Å². The fourth-order valence-corrected chi connectivity index (χ4v) is 6.59. The molecule has 7 heteroatoms. The number of fused-ring (bicyclic) bond motifs is 3. The molecule has 1 saturated carbocycles. The number of aromatic nitrogens is 2. The lowest BCUT2D eigenvalue weighted by atomic mass is 9.95. The number of H-pyrrole nitrogens is 1. The summed E-state index contributed by atoms with van der Waals surface area (Å²) >= 11 is 1.47. The van der Waals surface area contributed by atoms with Gasteiger partial charge in [0.25, 0.3) is 5.56 Å². The Morgan fingerprint density at radius 1 is 1.10 bits per heavy atom. The number of hydrogen-bond acceptors (Lipinski definition) is 4. The maximum absolute atomic E-state index is 13.3. The van der Waals surface area contributed by atoms with Gasteiger partial charge in [0.15, 0.2) is 0 Å². The van der Waals surface area contributed by atoms with Crippen LogP contribution in [0.1, 0.15) is 80.7 Å². The summed E-state index contributed by atoms with van der Waals surface area (Å²) in [5.74, 6) is 0.180. The van der Waals surface area contributed by atoms with Crippen molar-refractivity contribution in [2.24, 2.45) is 0 Å². The fraction of sp³-hybridized carbons (Fsp3) is 0.609.